The molecule has 3 aromatic carbocycles. The summed E-state index contributed by atoms with van der Waals surface area (Å²) in [7, 11) is 0. The van der Waals surface area contributed by atoms with E-state index in [9.17, 15) is 31.5 Å². The molecule has 10 heteroatoms. The number of benzene rings is 3. The molecular weight excluding hydrogens is 449 g/mol. The van der Waals surface area contributed by atoms with Gasteiger partial charge in [0.05, 0.1) is 16.7 Å². The quantitative estimate of drug-likeness (QED) is 0.415. The van der Waals surface area contributed by atoms with Crippen LogP contribution < -0.4 is 10.1 Å². The molecule has 0 radical (unpaired) electrons. The van der Waals surface area contributed by atoms with Crippen molar-refractivity contribution < 1.29 is 41.4 Å². The summed E-state index contributed by atoms with van der Waals surface area (Å²) in [5, 5.41) is 11.2. The van der Waals surface area contributed by atoms with Gasteiger partial charge in [-0.05, 0) is 72.6 Å². The van der Waals surface area contributed by atoms with E-state index in [1.165, 1.54) is 25.1 Å². The van der Waals surface area contributed by atoms with Crippen molar-refractivity contribution in [3.63, 3.8) is 0 Å². The molecule has 0 spiro atoms. The highest BCUT2D eigenvalue weighted by atomic mass is 19.4. The number of aryl methyl sites for hydroxylation is 1. The van der Waals surface area contributed by atoms with Crippen LogP contribution in [0.3, 0.4) is 0 Å². The number of alkyl halides is 4. The molecule has 0 aliphatic heterocycles. The van der Waals surface area contributed by atoms with Gasteiger partial charge in [-0.3, -0.25) is 4.79 Å². The number of hydrogen-bond acceptors (Lipinski definition) is 3. The van der Waals surface area contributed by atoms with Gasteiger partial charge in [-0.1, -0.05) is 0 Å². The summed E-state index contributed by atoms with van der Waals surface area (Å²) in [6.45, 7) is 0.201. The van der Waals surface area contributed by atoms with Crippen LogP contribution in [-0.4, -0.2) is 17.0 Å². The maximum absolute atomic E-state index is 13.8. The van der Waals surface area contributed by atoms with Crippen LogP contribution in [0.2, 0.25) is 0 Å². The zero-order valence-corrected chi connectivity index (χ0v) is 17.0. The summed E-state index contributed by atoms with van der Waals surface area (Å²) in [4.78, 5) is 23.8. The van der Waals surface area contributed by atoms with E-state index in [1.807, 2.05) is 0 Å². The Morgan fingerprint density at radius 2 is 1.67 bits per heavy atom. The zero-order chi connectivity index (χ0) is 24.3. The Bertz CT molecular complexity index is 1210. The standard InChI is InChI=1S/C23H16F5NO4/c1-12-8-15(25)4-7-18(12)33-19-10-13(11-24)9-17(23(26,27)28)20(19)21(30)29-16-5-2-14(3-6-16)22(31)32/h2-10H,11H2,1H3,(H,29,30)(H,31,32). The van der Waals surface area contributed by atoms with Crippen LogP contribution in [-0.2, 0) is 12.9 Å². The van der Waals surface area contributed by atoms with Crippen LogP contribution >= 0.6 is 0 Å². The minimum atomic E-state index is -5.03. The summed E-state index contributed by atoms with van der Waals surface area (Å²) >= 11 is 0. The first kappa shape index (κ1) is 23.7. The number of nitrogens with one attached hydrogen (secondary N) is 1. The van der Waals surface area contributed by atoms with Crippen LogP contribution in [0.4, 0.5) is 27.6 Å². The lowest BCUT2D eigenvalue weighted by Crippen LogP contribution is -2.20. The van der Waals surface area contributed by atoms with E-state index in [4.69, 9.17) is 9.84 Å². The summed E-state index contributed by atoms with van der Waals surface area (Å²) < 4.78 is 73.6. The van der Waals surface area contributed by atoms with E-state index in [2.05, 4.69) is 5.32 Å². The smallest absolute Gasteiger partial charge is 0.417 e. The number of carboxylic acids is 1. The molecule has 0 fully saturated rings. The molecule has 0 aliphatic rings. The number of hydrogen-bond donors (Lipinski definition) is 2. The number of ether oxygens (including phenoxy) is 1. The van der Waals surface area contributed by atoms with Gasteiger partial charge in [0, 0.05) is 5.69 Å². The van der Waals surface area contributed by atoms with Crippen molar-refractivity contribution in [3.8, 4) is 11.5 Å². The Morgan fingerprint density at radius 1 is 1.00 bits per heavy atom. The normalized spacial score (nSPS) is 11.2. The molecule has 0 aliphatic carbocycles. The lowest BCUT2D eigenvalue weighted by molar-refractivity contribution is -0.138. The SMILES string of the molecule is Cc1cc(F)ccc1Oc1cc(CF)cc(C(F)(F)F)c1C(=O)Nc1ccc(C(=O)O)cc1. The van der Waals surface area contributed by atoms with Gasteiger partial charge in [0.2, 0.25) is 0 Å². The maximum Gasteiger partial charge on any atom is 0.417 e. The fourth-order valence-electron chi connectivity index (χ4n) is 3.02. The van der Waals surface area contributed by atoms with Gasteiger partial charge in [0.1, 0.15) is 24.0 Å². The number of rotatable bonds is 6. The van der Waals surface area contributed by atoms with Gasteiger partial charge >= 0.3 is 12.1 Å². The Kier molecular flexibility index (Phi) is 6.66. The molecule has 0 saturated heterocycles. The van der Waals surface area contributed by atoms with Gasteiger partial charge in [0.25, 0.3) is 5.91 Å². The predicted octanol–water partition coefficient (Wildman–Crippen LogP) is 6.37. The first-order chi connectivity index (χ1) is 15.5. The van der Waals surface area contributed by atoms with Crippen LogP contribution in [0.25, 0.3) is 0 Å². The third kappa shape index (κ3) is 5.46. The van der Waals surface area contributed by atoms with E-state index in [1.54, 1.807) is 0 Å². The molecule has 0 saturated carbocycles. The highest BCUT2D eigenvalue weighted by Crippen LogP contribution is 2.40. The van der Waals surface area contributed by atoms with Gasteiger partial charge in [-0.2, -0.15) is 13.2 Å². The molecule has 0 aromatic heterocycles. The monoisotopic (exact) mass is 465 g/mol. The largest absolute Gasteiger partial charge is 0.478 e. The minimum Gasteiger partial charge on any atom is -0.478 e. The average molecular weight is 465 g/mol. The van der Waals surface area contributed by atoms with Crippen LogP contribution in [0.5, 0.6) is 11.5 Å². The molecule has 5 nitrogen and oxygen atoms in total. The van der Waals surface area contributed by atoms with Crippen LogP contribution in [0.15, 0.2) is 54.6 Å². The third-order valence-corrected chi connectivity index (χ3v) is 4.60. The van der Waals surface area contributed by atoms with Crippen molar-refractivity contribution in [3.05, 3.63) is 88.2 Å². The Morgan fingerprint density at radius 3 is 2.21 bits per heavy atom. The van der Waals surface area contributed by atoms with E-state index < -0.39 is 47.4 Å². The molecule has 0 heterocycles. The highest BCUT2D eigenvalue weighted by molar-refractivity contribution is 6.07. The number of carboxylic acid groups (broad SMARTS) is 1. The van der Waals surface area contributed by atoms with Gasteiger partial charge in [-0.25, -0.2) is 13.6 Å². The first-order valence-electron chi connectivity index (χ1n) is 9.38. The average Bonchev–Trinajstić information content (AvgIpc) is 2.74. The van der Waals surface area contributed by atoms with Crippen molar-refractivity contribution in [1.29, 1.82) is 0 Å². The van der Waals surface area contributed by atoms with Crippen molar-refractivity contribution in [2.45, 2.75) is 19.8 Å². The minimum absolute atomic E-state index is 0.0246. The van der Waals surface area contributed by atoms with Crippen molar-refractivity contribution in [1.82, 2.24) is 0 Å². The number of anilines is 1. The third-order valence-electron chi connectivity index (χ3n) is 4.60. The summed E-state index contributed by atoms with van der Waals surface area (Å²) in [5.74, 6) is -3.65. The van der Waals surface area contributed by atoms with Crippen molar-refractivity contribution in [2.75, 3.05) is 5.32 Å². The van der Waals surface area contributed by atoms with E-state index >= 15 is 0 Å². The molecule has 3 rings (SSSR count). The number of amides is 1. The predicted molar refractivity (Wildman–Crippen MR) is 109 cm³/mol. The highest BCUT2D eigenvalue weighted by Gasteiger charge is 2.38. The van der Waals surface area contributed by atoms with Crippen molar-refractivity contribution in [2.24, 2.45) is 0 Å². The molecule has 3 aromatic rings. The maximum atomic E-state index is 13.8. The lowest BCUT2D eigenvalue weighted by Gasteiger charge is -2.19. The fourth-order valence-corrected chi connectivity index (χ4v) is 3.02. The van der Waals surface area contributed by atoms with Crippen LogP contribution in [0.1, 0.15) is 37.4 Å². The van der Waals surface area contributed by atoms with Gasteiger partial charge in [-0.15, -0.1) is 0 Å². The topological polar surface area (TPSA) is 75.6 Å². The number of halogens is 5. The second kappa shape index (κ2) is 9.27. The van der Waals surface area contributed by atoms with Crippen LogP contribution in [0, 0.1) is 12.7 Å². The fraction of sp³-hybridized carbons (Fsp3) is 0.130. The molecule has 2 N–H and O–H groups in total. The number of carbonyl (C=O) groups is 2. The molecule has 0 atom stereocenters. The summed E-state index contributed by atoms with van der Waals surface area (Å²) in [5.41, 5.74) is -2.54. The van der Waals surface area contributed by atoms with E-state index in [-0.39, 0.29) is 28.1 Å². The first-order valence-corrected chi connectivity index (χ1v) is 9.38. The molecule has 33 heavy (non-hydrogen) atoms. The molecule has 172 valence electrons. The van der Waals surface area contributed by atoms with Crippen molar-refractivity contribution >= 4 is 17.6 Å². The lowest BCUT2D eigenvalue weighted by atomic mass is 10.0. The number of carbonyl (C=O) groups excluding carboxylic acids is 1. The molecule has 0 unspecified atom stereocenters. The number of aromatic carboxylic acids is 1. The Hall–Kier alpha value is -3.95. The zero-order valence-electron chi connectivity index (χ0n) is 17.0. The summed E-state index contributed by atoms with van der Waals surface area (Å²) in [6, 6.07) is 9.48. The molecule has 1 amide bonds. The van der Waals surface area contributed by atoms with E-state index in [0.29, 0.717) is 6.07 Å². The summed E-state index contributed by atoms with van der Waals surface area (Å²) in [6.07, 6.45) is -5.03. The van der Waals surface area contributed by atoms with Gasteiger partial charge in [0.15, 0.2) is 0 Å². The molecule has 0 bridgehead atoms. The Balaban J connectivity index is 2.10. The molecular formula is C23H16F5NO4. The Labute approximate surface area is 184 Å². The van der Waals surface area contributed by atoms with Gasteiger partial charge < -0.3 is 15.2 Å². The van der Waals surface area contributed by atoms with E-state index in [0.717, 1.165) is 30.3 Å². The second-order valence-corrected chi connectivity index (χ2v) is 7.00. The second-order valence-electron chi connectivity index (χ2n) is 7.00.